The molecular formula is C15H15N3O3. The summed E-state index contributed by atoms with van der Waals surface area (Å²) in [4.78, 5) is 21.7. The van der Waals surface area contributed by atoms with Crippen molar-refractivity contribution in [1.82, 2.24) is 9.97 Å². The lowest BCUT2D eigenvalue weighted by Crippen LogP contribution is -2.46. The minimum Gasteiger partial charge on any atom is -0.480 e. The molecule has 1 aliphatic heterocycles. The Kier molecular flexibility index (Phi) is 3.43. The molecule has 0 spiro atoms. The van der Waals surface area contributed by atoms with Crippen LogP contribution in [0.25, 0.3) is 0 Å². The smallest absolute Gasteiger partial charge is 0.326 e. The number of aliphatic carboxylic acids is 1. The minimum atomic E-state index is -0.867. The van der Waals surface area contributed by atoms with Crippen LogP contribution in [0.15, 0.2) is 36.7 Å². The molecule has 0 saturated heterocycles. The number of carboxylic acids is 1. The Hall–Kier alpha value is -2.63. The summed E-state index contributed by atoms with van der Waals surface area (Å²) in [5, 5.41) is 9.50. The van der Waals surface area contributed by atoms with Crippen LogP contribution in [0.1, 0.15) is 11.1 Å². The molecule has 108 valence electrons. The number of aromatic nitrogens is 2. The molecule has 1 aromatic heterocycles. The van der Waals surface area contributed by atoms with Crippen molar-refractivity contribution in [3.63, 3.8) is 0 Å². The van der Waals surface area contributed by atoms with Gasteiger partial charge in [0.2, 0.25) is 5.88 Å². The quantitative estimate of drug-likeness (QED) is 0.921. The molecule has 1 aliphatic rings. The molecule has 6 nitrogen and oxygen atoms in total. The number of carbonyl (C=O) groups is 1. The van der Waals surface area contributed by atoms with E-state index in [1.807, 2.05) is 24.3 Å². The van der Waals surface area contributed by atoms with Crippen molar-refractivity contribution in [3.05, 3.63) is 47.8 Å². The van der Waals surface area contributed by atoms with Crippen LogP contribution in [0.5, 0.6) is 5.88 Å². The highest BCUT2D eigenvalue weighted by atomic mass is 16.5. The van der Waals surface area contributed by atoms with E-state index in [2.05, 4.69) is 9.97 Å². The Morgan fingerprint density at radius 1 is 1.33 bits per heavy atom. The van der Waals surface area contributed by atoms with E-state index in [0.29, 0.717) is 24.7 Å². The first-order valence-corrected chi connectivity index (χ1v) is 6.61. The van der Waals surface area contributed by atoms with Crippen LogP contribution in [0, 0.1) is 0 Å². The summed E-state index contributed by atoms with van der Waals surface area (Å²) < 4.78 is 5.06. The van der Waals surface area contributed by atoms with Crippen molar-refractivity contribution in [2.45, 2.75) is 19.0 Å². The third-order valence-corrected chi connectivity index (χ3v) is 3.64. The summed E-state index contributed by atoms with van der Waals surface area (Å²) in [6, 6.07) is 7.21. The molecular weight excluding hydrogens is 270 g/mol. The summed E-state index contributed by atoms with van der Waals surface area (Å²) in [5.74, 6) is 0.0147. The lowest BCUT2D eigenvalue weighted by Gasteiger charge is -2.35. The molecule has 0 radical (unpaired) electrons. The van der Waals surface area contributed by atoms with Crippen molar-refractivity contribution in [3.8, 4) is 5.88 Å². The van der Waals surface area contributed by atoms with E-state index in [-0.39, 0.29) is 0 Å². The van der Waals surface area contributed by atoms with Crippen LogP contribution in [0.3, 0.4) is 0 Å². The zero-order valence-corrected chi connectivity index (χ0v) is 11.6. The highest BCUT2D eigenvalue weighted by Crippen LogP contribution is 2.28. The first-order chi connectivity index (χ1) is 10.2. The van der Waals surface area contributed by atoms with Crippen LogP contribution in [0.2, 0.25) is 0 Å². The predicted octanol–water partition coefficient (Wildman–Crippen LogP) is 1.50. The number of benzene rings is 1. The summed E-state index contributed by atoms with van der Waals surface area (Å²) in [6.45, 7) is 0.495. The molecule has 0 saturated carbocycles. The van der Waals surface area contributed by atoms with Crippen LogP contribution in [-0.4, -0.2) is 34.2 Å². The maximum atomic E-state index is 11.6. The Bertz CT molecular complexity index is 675. The van der Waals surface area contributed by atoms with E-state index in [1.54, 1.807) is 11.1 Å². The van der Waals surface area contributed by atoms with Crippen LogP contribution < -0.4 is 9.64 Å². The standard InChI is InChI=1S/C15H15N3O3/c1-21-14-8-16-7-13(17-14)18-9-11-5-3-2-4-10(11)6-12(18)15(19)20/h2-5,7-8,12H,6,9H2,1H3,(H,19,20). The summed E-state index contributed by atoms with van der Waals surface area (Å²) >= 11 is 0. The Balaban J connectivity index is 2.01. The monoisotopic (exact) mass is 285 g/mol. The van der Waals surface area contributed by atoms with Gasteiger partial charge in [-0.25, -0.2) is 4.79 Å². The molecule has 21 heavy (non-hydrogen) atoms. The second-order valence-electron chi connectivity index (χ2n) is 4.87. The number of anilines is 1. The first kappa shape index (κ1) is 13.4. The Morgan fingerprint density at radius 3 is 2.81 bits per heavy atom. The van der Waals surface area contributed by atoms with Gasteiger partial charge in [0.25, 0.3) is 0 Å². The van der Waals surface area contributed by atoms with Crippen molar-refractivity contribution < 1.29 is 14.6 Å². The van der Waals surface area contributed by atoms with Gasteiger partial charge in [-0.05, 0) is 11.1 Å². The largest absolute Gasteiger partial charge is 0.480 e. The van der Waals surface area contributed by atoms with Crippen LogP contribution in [-0.2, 0) is 17.8 Å². The van der Waals surface area contributed by atoms with Gasteiger partial charge in [0.15, 0.2) is 5.82 Å². The number of hydrogen-bond donors (Lipinski definition) is 1. The number of nitrogens with zero attached hydrogens (tertiary/aromatic N) is 3. The highest BCUT2D eigenvalue weighted by Gasteiger charge is 2.32. The average Bonchev–Trinajstić information content (AvgIpc) is 2.53. The fraction of sp³-hybridized carbons (Fsp3) is 0.267. The summed E-state index contributed by atoms with van der Waals surface area (Å²) in [5.41, 5.74) is 2.18. The molecule has 1 aromatic carbocycles. The van der Waals surface area contributed by atoms with Gasteiger partial charge in [-0.3, -0.25) is 4.98 Å². The molecule has 0 amide bonds. The number of hydrogen-bond acceptors (Lipinski definition) is 5. The minimum absolute atomic E-state index is 0.371. The maximum Gasteiger partial charge on any atom is 0.326 e. The second-order valence-corrected chi connectivity index (χ2v) is 4.87. The van der Waals surface area contributed by atoms with Crippen molar-refractivity contribution in [2.24, 2.45) is 0 Å². The van der Waals surface area contributed by atoms with Gasteiger partial charge in [0, 0.05) is 13.0 Å². The lowest BCUT2D eigenvalue weighted by atomic mass is 9.94. The fourth-order valence-corrected chi connectivity index (χ4v) is 2.56. The van der Waals surface area contributed by atoms with E-state index < -0.39 is 12.0 Å². The molecule has 0 bridgehead atoms. The number of methoxy groups -OCH3 is 1. The van der Waals surface area contributed by atoms with E-state index in [1.165, 1.54) is 13.3 Å². The van der Waals surface area contributed by atoms with E-state index in [4.69, 9.17) is 4.74 Å². The van der Waals surface area contributed by atoms with E-state index in [9.17, 15) is 9.90 Å². The molecule has 2 heterocycles. The zero-order chi connectivity index (χ0) is 14.8. The van der Waals surface area contributed by atoms with E-state index >= 15 is 0 Å². The van der Waals surface area contributed by atoms with Gasteiger partial charge in [-0.2, -0.15) is 4.98 Å². The van der Waals surface area contributed by atoms with Crippen molar-refractivity contribution in [1.29, 1.82) is 0 Å². The molecule has 6 heteroatoms. The van der Waals surface area contributed by atoms with Gasteiger partial charge in [-0.1, -0.05) is 24.3 Å². The summed E-state index contributed by atoms with van der Waals surface area (Å²) in [6.07, 6.45) is 3.51. The third kappa shape index (κ3) is 2.52. The van der Waals surface area contributed by atoms with Crippen molar-refractivity contribution >= 4 is 11.8 Å². The topological polar surface area (TPSA) is 75.5 Å². The van der Waals surface area contributed by atoms with Crippen molar-refractivity contribution in [2.75, 3.05) is 12.0 Å². The second kappa shape index (κ2) is 5.40. The van der Waals surface area contributed by atoms with Gasteiger partial charge in [0.05, 0.1) is 19.5 Å². The lowest BCUT2D eigenvalue weighted by molar-refractivity contribution is -0.138. The molecule has 1 atom stereocenters. The van der Waals surface area contributed by atoms with Gasteiger partial charge >= 0.3 is 5.97 Å². The van der Waals surface area contributed by atoms with Crippen LogP contribution >= 0.6 is 0 Å². The molecule has 1 N–H and O–H groups in total. The van der Waals surface area contributed by atoms with E-state index in [0.717, 1.165) is 11.1 Å². The number of carboxylic acid groups (broad SMARTS) is 1. The molecule has 0 fully saturated rings. The maximum absolute atomic E-state index is 11.6. The van der Waals surface area contributed by atoms with Gasteiger partial charge < -0.3 is 14.7 Å². The number of rotatable bonds is 3. The summed E-state index contributed by atoms with van der Waals surface area (Å²) in [7, 11) is 1.51. The number of ether oxygens (including phenoxy) is 1. The number of fused-ring (bicyclic) bond motifs is 1. The zero-order valence-electron chi connectivity index (χ0n) is 11.6. The highest BCUT2D eigenvalue weighted by molar-refractivity contribution is 5.79. The normalized spacial score (nSPS) is 17.2. The molecule has 3 rings (SSSR count). The SMILES string of the molecule is COc1cncc(N2Cc3ccccc3CC2C(=O)O)n1. The van der Waals surface area contributed by atoms with Gasteiger partial charge in [0.1, 0.15) is 6.04 Å². The fourth-order valence-electron chi connectivity index (χ4n) is 2.56. The predicted molar refractivity (Wildman–Crippen MR) is 76.3 cm³/mol. The Labute approximate surface area is 122 Å². The average molecular weight is 285 g/mol. The first-order valence-electron chi connectivity index (χ1n) is 6.61. The van der Waals surface area contributed by atoms with Crippen LogP contribution in [0.4, 0.5) is 5.82 Å². The molecule has 2 aromatic rings. The van der Waals surface area contributed by atoms with Gasteiger partial charge in [-0.15, -0.1) is 0 Å². The molecule has 0 aliphatic carbocycles. The third-order valence-electron chi connectivity index (χ3n) is 3.64. The molecule has 1 unspecified atom stereocenters. The Morgan fingerprint density at radius 2 is 2.10 bits per heavy atom.